The molecule has 1 rings (SSSR count). The van der Waals surface area contributed by atoms with Crippen molar-refractivity contribution in [1.82, 2.24) is 0 Å². The van der Waals surface area contributed by atoms with Crippen molar-refractivity contribution in [3.8, 4) is 6.07 Å². The number of allylic oxidation sites excluding steroid dienone is 2. The van der Waals surface area contributed by atoms with Crippen LogP contribution < -0.4 is 0 Å². The summed E-state index contributed by atoms with van der Waals surface area (Å²) in [6, 6.07) is 12.2. The van der Waals surface area contributed by atoms with Gasteiger partial charge in [-0.25, -0.2) is 0 Å². The van der Waals surface area contributed by atoms with Gasteiger partial charge in [-0.2, -0.15) is 5.26 Å². The quantitative estimate of drug-likeness (QED) is 0.647. The number of hydrogen-bond donors (Lipinski definition) is 0. The van der Waals surface area contributed by atoms with Gasteiger partial charge in [-0.3, -0.25) is 0 Å². The summed E-state index contributed by atoms with van der Waals surface area (Å²) < 4.78 is 0. The van der Waals surface area contributed by atoms with E-state index in [1.54, 1.807) is 0 Å². The second-order valence-electron chi connectivity index (χ2n) is 2.62. The van der Waals surface area contributed by atoms with Crippen LogP contribution in [-0.4, -0.2) is 0 Å². The van der Waals surface area contributed by atoms with Crippen LogP contribution >= 0.6 is 0 Å². The molecule has 0 radical (unpaired) electrons. The lowest BCUT2D eigenvalue weighted by molar-refractivity contribution is 1.35. The second kappa shape index (κ2) is 4.35. The van der Waals surface area contributed by atoms with E-state index in [0.717, 1.165) is 5.57 Å². The predicted molar refractivity (Wildman–Crippen MR) is 50.3 cm³/mol. The molecule has 0 aliphatic heterocycles. The zero-order chi connectivity index (χ0) is 8.81. The van der Waals surface area contributed by atoms with Gasteiger partial charge in [0.05, 0.1) is 12.5 Å². The third-order valence-electron chi connectivity index (χ3n) is 1.73. The summed E-state index contributed by atoms with van der Waals surface area (Å²) in [6.07, 6.45) is 2.43. The van der Waals surface area contributed by atoms with Gasteiger partial charge in [0, 0.05) is 0 Å². The molecule has 0 aromatic heterocycles. The lowest BCUT2D eigenvalue weighted by atomic mass is 10.1. The minimum Gasteiger partial charge on any atom is -0.198 e. The Labute approximate surface area is 73.0 Å². The summed E-state index contributed by atoms with van der Waals surface area (Å²) in [7, 11) is 0. The summed E-state index contributed by atoms with van der Waals surface area (Å²) in [5.74, 6) is 0. The molecular weight excluding hydrogens is 146 g/mol. The van der Waals surface area contributed by atoms with Crippen LogP contribution in [-0.2, 0) is 0 Å². The van der Waals surface area contributed by atoms with Gasteiger partial charge in [-0.1, -0.05) is 36.4 Å². The smallest absolute Gasteiger partial charge is 0.0663 e. The number of hydrogen-bond acceptors (Lipinski definition) is 1. The first kappa shape index (κ1) is 8.55. The van der Waals surface area contributed by atoms with E-state index in [1.807, 2.05) is 43.3 Å². The molecule has 0 saturated heterocycles. The standard InChI is InChI=1S/C11H11N/c1-10(6-5-9-12)11-7-3-2-4-8-11/h2-4,6-8H,5H2,1H3/b10-6-. The molecule has 0 aliphatic rings. The topological polar surface area (TPSA) is 23.8 Å². The van der Waals surface area contributed by atoms with E-state index in [0.29, 0.717) is 6.42 Å². The van der Waals surface area contributed by atoms with Gasteiger partial charge >= 0.3 is 0 Å². The van der Waals surface area contributed by atoms with Gasteiger partial charge in [-0.15, -0.1) is 0 Å². The molecule has 0 atom stereocenters. The summed E-state index contributed by atoms with van der Waals surface area (Å²) >= 11 is 0. The van der Waals surface area contributed by atoms with Gasteiger partial charge in [0.25, 0.3) is 0 Å². The van der Waals surface area contributed by atoms with E-state index in [4.69, 9.17) is 5.26 Å². The minimum atomic E-state index is 0.487. The van der Waals surface area contributed by atoms with Crippen molar-refractivity contribution >= 4 is 5.57 Å². The number of rotatable bonds is 2. The van der Waals surface area contributed by atoms with Crippen LogP contribution in [0.15, 0.2) is 36.4 Å². The predicted octanol–water partition coefficient (Wildman–Crippen LogP) is 3.00. The fraction of sp³-hybridized carbons (Fsp3) is 0.182. The Bertz CT molecular complexity index is 304. The highest BCUT2D eigenvalue weighted by Gasteiger charge is 1.91. The summed E-state index contributed by atoms with van der Waals surface area (Å²) in [5, 5.41) is 8.37. The van der Waals surface area contributed by atoms with Crippen molar-refractivity contribution in [1.29, 1.82) is 5.26 Å². The van der Waals surface area contributed by atoms with Gasteiger partial charge in [0.2, 0.25) is 0 Å². The van der Waals surface area contributed by atoms with Crippen LogP contribution in [0.25, 0.3) is 5.57 Å². The van der Waals surface area contributed by atoms with Gasteiger partial charge in [0.1, 0.15) is 0 Å². The third kappa shape index (κ3) is 2.25. The molecule has 0 N–H and O–H groups in total. The maximum atomic E-state index is 8.37. The normalized spacial score (nSPS) is 10.8. The van der Waals surface area contributed by atoms with Crippen molar-refractivity contribution in [2.45, 2.75) is 13.3 Å². The highest BCUT2D eigenvalue weighted by molar-refractivity contribution is 5.63. The van der Waals surface area contributed by atoms with Crippen molar-refractivity contribution in [3.63, 3.8) is 0 Å². The molecule has 0 spiro atoms. The first-order valence-corrected chi connectivity index (χ1v) is 3.93. The third-order valence-corrected chi connectivity index (χ3v) is 1.73. The van der Waals surface area contributed by atoms with E-state index in [2.05, 4.69) is 6.07 Å². The molecule has 1 nitrogen and oxygen atoms in total. The van der Waals surface area contributed by atoms with Gasteiger partial charge in [-0.05, 0) is 18.1 Å². The minimum absolute atomic E-state index is 0.487. The highest BCUT2D eigenvalue weighted by atomic mass is 14.2. The van der Waals surface area contributed by atoms with E-state index in [-0.39, 0.29) is 0 Å². The average Bonchev–Trinajstić information content (AvgIpc) is 2.15. The largest absolute Gasteiger partial charge is 0.198 e. The Morgan fingerprint density at radius 2 is 2.08 bits per heavy atom. The van der Waals surface area contributed by atoms with Crippen molar-refractivity contribution < 1.29 is 0 Å². The number of nitrogens with zero attached hydrogens (tertiary/aromatic N) is 1. The van der Waals surface area contributed by atoms with E-state index < -0.39 is 0 Å². The van der Waals surface area contributed by atoms with Crippen LogP contribution in [0, 0.1) is 11.3 Å². The van der Waals surface area contributed by atoms with E-state index in [9.17, 15) is 0 Å². The average molecular weight is 157 g/mol. The Hall–Kier alpha value is -1.55. The second-order valence-corrected chi connectivity index (χ2v) is 2.62. The van der Waals surface area contributed by atoms with Crippen molar-refractivity contribution in [3.05, 3.63) is 42.0 Å². The van der Waals surface area contributed by atoms with Crippen LogP contribution in [0.5, 0.6) is 0 Å². The Morgan fingerprint density at radius 3 is 2.67 bits per heavy atom. The SMILES string of the molecule is C/C(=C/CC#N)c1ccccc1. The van der Waals surface area contributed by atoms with Crippen molar-refractivity contribution in [2.24, 2.45) is 0 Å². The molecule has 0 amide bonds. The molecule has 0 fully saturated rings. The maximum Gasteiger partial charge on any atom is 0.0663 e. The lowest BCUT2D eigenvalue weighted by Gasteiger charge is -1.98. The van der Waals surface area contributed by atoms with Crippen LogP contribution in [0.3, 0.4) is 0 Å². The molecule has 1 aromatic rings. The first-order chi connectivity index (χ1) is 5.84. The van der Waals surface area contributed by atoms with Crippen LogP contribution in [0.1, 0.15) is 18.9 Å². The number of benzene rings is 1. The molecule has 0 unspecified atom stereocenters. The van der Waals surface area contributed by atoms with Crippen LogP contribution in [0.4, 0.5) is 0 Å². The zero-order valence-electron chi connectivity index (χ0n) is 7.12. The Morgan fingerprint density at radius 1 is 1.42 bits per heavy atom. The molecule has 12 heavy (non-hydrogen) atoms. The Kier molecular flexibility index (Phi) is 3.10. The summed E-state index contributed by atoms with van der Waals surface area (Å²) in [6.45, 7) is 2.02. The molecule has 0 bridgehead atoms. The first-order valence-electron chi connectivity index (χ1n) is 3.93. The molecule has 0 heterocycles. The fourth-order valence-corrected chi connectivity index (χ4v) is 1.02. The zero-order valence-corrected chi connectivity index (χ0v) is 7.12. The Balaban J connectivity index is 2.79. The maximum absolute atomic E-state index is 8.37. The lowest BCUT2D eigenvalue weighted by Crippen LogP contribution is -1.76. The van der Waals surface area contributed by atoms with E-state index >= 15 is 0 Å². The molecule has 1 heteroatoms. The summed E-state index contributed by atoms with van der Waals surface area (Å²) in [5.41, 5.74) is 2.35. The van der Waals surface area contributed by atoms with E-state index in [1.165, 1.54) is 5.56 Å². The fourth-order valence-electron chi connectivity index (χ4n) is 1.02. The molecule has 0 saturated carbocycles. The molecule has 1 aromatic carbocycles. The number of nitriles is 1. The highest BCUT2D eigenvalue weighted by Crippen LogP contribution is 2.12. The molecular formula is C11H11N. The molecule has 60 valence electrons. The summed E-state index contributed by atoms with van der Waals surface area (Å²) in [4.78, 5) is 0. The monoisotopic (exact) mass is 157 g/mol. The van der Waals surface area contributed by atoms with Crippen LogP contribution in [0.2, 0.25) is 0 Å². The van der Waals surface area contributed by atoms with Crippen molar-refractivity contribution in [2.75, 3.05) is 0 Å². The van der Waals surface area contributed by atoms with Gasteiger partial charge in [0.15, 0.2) is 0 Å². The molecule has 0 aliphatic carbocycles. The van der Waals surface area contributed by atoms with Gasteiger partial charge < -0.3 is 0 Å².